The molecule has 4 aliphatic heterocycles. The van der Waals surface area contributed by atoms with Crippen LogP contribution in [0.15, 0.2) is 0 Å². The average molecular weight is 818 g/mol. The lowest BCUT2D eigenvalue weighted by Crippen LogP contribution is -2.61. The van der Waals surface area contributed by atoms with Gasteiger partial charge in [0.15, 0.2) is 18.7 Å². The van der Waals surface area contributed by atoms with Crippen molar-refractivity contribution in [2.45, 2.75) is 198 Å². The Bertz CT molecular complexity index is 1350. The van der Waals surface area contributed by atoms with Gasteiger partial charge >= 0.3 is 11.9 Å². The molecule has 332 valence electrons. The van der Waals surface area contributed by atoms with E-state index >= 15 is 0 Å². The maximum Gasteiger partial charge on any atom is 0.311 e. The number of epoxide rings is 1. The lowest BCUT2D eigenvalue weighted by atomic mass is 9.69. The summed E-state index contributed by atoms with van der Waals surface area (Å²) in [7, 11) is 6.97. The Balaban J connectivity index is 1.86. The van der Waals surface area contributed by atoms with E-state index in [0.29, 0.717) is 19.3 Å². The Morgan fingerprint density at radius 3 is 2.11 bits per heavy atom. The van der Waals surface area contributed by atoms with E-state index < -0.39 is 101 Å². The molecule has 4 heterocycles. The Kier molecular flexibility index (Phi) is 15.7. The number of aliphatic hydroxyl groups is 3. The summed E-state index contributed by atoms with van der Waals surface area (Å²) in [5.74, 6) is -3.43. The molecule has 3 unspecified atom stereocenters. The topological polar surface area (TPSA) is 184 Å². The Hall–Kier alpha value is -1.50. The van der Waals surface area contributed by atoms with E-state index in [1.165, 1.54) is 14.0 Å². The van der Waals surface area contributed by atoms with Crippen LogP contribution in [0.2, 0.25) is 0 Å². The van der Waals surface area contributed by atoms with Gasteiger partial charge in [-0.25, -0.2) is 0 Å². The minimum atomic E-state index is -1.57. The van der Waals surface area contributed by atoms with Crippen LogP contribution in [0.25, 0.3) is 0 Å². The zero-order valence-corrected chi connectivity index (χ0v) is 37.2. The first-order valence-corrected chi connectivity index (χ1v) is 20.9. The van der Waals surface area contributed by atoms with E-state index in [1.54, 1.807) is 27.9 Å². The summed E-state index contributed by atoms with van der Waals surface area (Å²) in [4.78, 5) is 28.6. The SMILES string of the molecule is CC[C@H]1OC(=O)[C@H](C)[C@@H](OC2C[C@@](C)(OC)[C@@H](OC(C)=O)[C@H](C)O2)[C@H](C)[C@@H](O[C@@H]2O[C@H](C)C[C@H](N(C)C)[C@H]2O)[C@](C)(OC)C[C@@H](C)C2OC2(C)[C@@H](CCO)[C@]1(C)O. The number of nitrogens with zero attached hydrogens (tertiary/aromatic N) is 1. The fourth-order valence-corrected chi connectivity index (χ4v) is 10.4. The molecule has 4 aliphatic rings. The van der Waals surface area contributed by atoms with Crippen LogP contribution >= 0.6 is 0 Å². The monoisotopic (exact) mass is 818 g/mol. The highest BCUT2D eigenvalue weighted by molar-refractivity contribution is 5.73. The number of cyclic esters (lactones) is 1. The van der Waals surface area contributed by atoms with E-state index in [1.807, 2.05) is 60.5 Å². The minimum absolute atomic E-state index is 0.147. The first kappa shape index (κ1) is 48.2. The molecule has 0 bridgehead atoms. The van der Waals surface area contributed by atoms with Crippen molar-refractivity contribution in [3.63, 3.8) is 0 Å². The molecule has 0 spiro atoms. The van der Waals surface area contributed by atoms with Gasteiger partial charge in [0.25, 0.3) is 0 Å². The van der Waals surface area contributed by atoms with Crippen LogP contribution in [0.3, 0.4) is 0 Å². The van der Waals surface area contributed by atoms with Crippen LogP contribution in [0.4, 0.5) is 0 Å². The highest BCUT2D eigenvalue weighted by Crippen LogP contribution is 2.55. The van der Waals surface area contributed by atoms with Gasteiger partial charge in [-0.15, -0.1) is 0 Å². The van der Waals surface area contributed by atoms with E-state index in [2.05, 4.69) is 6.92 Å². The summed E-state index contributed by atoms with van der Waals surface area (Å²) < 4.78 is 57.4. The lowest BCUT2D eigenvalue weighted by molar-refractivity contribution is -0.320. The van der Waals surface area contributed by atoms with Gasteiger partial charge in [0.1, 0.15) is 23.4 Å². The predicted molar refractivity (Wildman–Crippen MR) is 209 cm³/mol. The van der Waals surface area contributed by atoms with E-state index in [0.717, 1.165) is 0 Å². The van der Waals surface area contributed by atoms with E-state index in [9.17, 15) is 24.9 Å². The van der Waals surface area contributed by atoms with Crippen molar-refractivity contribution in [1.29, 1.82) is 0 Å². The van der Waals surface area contributed by atoms with Crippen LogP contribution in [0.5, 0.6) is 0 Å². The van der Waals surface area contributed by atoms with Crippen molar-refractivity contribution in [2.24, 2.45) is 23.7 Å². The van der Waals surface area contributed by atoms with E-state index in [4.69, 9.17) is 42.6 Å². The average Bonchev–Trinajstić information content (AvgIpc) is 3.83. The zero-order chi connectivity index (χ0) is 43.0. The molecular formula is C42H75NO14. The summed E-state index contributed by atoms with van der Waals surface area (Å²) >= 11 is 0. The number of carbonyl (C=O) groups is 2. The molecule has 4 fully saturated rings. The fraction of sp³-hybridized carbons (Fsp3) is 0.952. The lowest BCUT2D eigenvalue weighted by Gasteiger charge is -2.50. The smallest absolute Gasteiger partial charge is 0.311 e. The number of hydrogen-bond acceptors (Lipinski definition) is 15. The number of ether oxygens (including phenoxy) is 9. The summed E-state index contributed by atoms with van der Waals surface area (Å²) in [6.45, 7) is 19.8. The van der Waals surface area contributed by atoms with Crippen LogP contribution in [0, 0.1) is 23.7 Å². The molecule has 0 aliphatic carbocycles. The minimum Gasteiger partial charge on any atom is -0.459 e. The number of methoxy groups -OCH3 is 2. The van der Waals surface area contributed by atoms with Gasteiger partial charge < -0.3 is 62.9 Å². The van der Waals surface area contributed by atoms with Gasteiger partial charge in [-0.3, -0.25) is 9.59 Å². The number of carbonyl (C=O) groups excluding carboxylic acids is 2. The first-order chi connectivity index (χ1) is 26.4. The number of hydrogen-bond donors (Lipinski definition) is 3. The van der Waals surface area contributed by atoms with Crippen molar-refractivity contribution < 1.29 is 67.5 Å². The van der Waals surface area contributed by atoms with Crippen molar-refractivity contribution in [3.05, 3.63) is 0 Å². The van der Waals surface area contributed by atoms with E-state index in [-0.39, 0.29) is 43.6 Å². The van der Waals surface area contributed by atoms with Crippen molar-refractivity contribution in [2.75, 3.05) is 34.9 Å². The zero-order valence-electron chi connectivity index (χ0n) is 37.2. The fourth-order valence-electron chi connectivity index (χ4n) is 10.4. The van der Waals surface area contributed by atoms with Gasteiger partial charge in [0, 0.05) is 52.0 Å². The van der Waals surface area contributed by atoms with Crippen molar-refractivity contribution in [1.82, 2.24) is 4.90 Å². The highest BCUT2D eigenvalue weighted by atomic mass is 16.7. The molecule has 15 heteroatoms. The number of aliphatic hydroxyl groups excluding tert-OH is 2. The summed E-state index contributed by atoms with van der Waals surface area (Å²) in [6, 6.07) is -0.252. The largest absolute Gasteiger partial charge is 0.459 e. The standard InChI is InChI=1S/C42H75NO14/c1-16-30-41(10,48)29(17-18-44)42(11)34(57-42)22(2)20-39(8,49-14)35(56-38-32(46)28(43(12)13)19-23(3)51-38)24(4)33(25(5)37(47)54-30)55-31-21-40(9,50-15)36(26(6)52-31)53-27(7)45/h22-26,28-36,38,44,46,48H,16-21H2,1-15H3/t22-,23-,24+,25-,26+,28+,29+,30-,31?,32-,33+,34?,35-,36+,38+,39-,40-,41+,42?/m1/s1. The third kappa shape index (κ3) is 10.0. The summed E-state index contributed by atoms with van der Waals surface area (Å²) in [5, 5.41) is 34.3. The molecule has 0 aromatic heterocycles. The molecule has 4 saturated heterocycles. The maximum absolute atomic E-state index is 14.5. The molecular weight excluding hydrogens is 742 g/mol. The number of rotatable bonds is 11. The second kappa shape index (κ2) is 18.6. The normalized spacial score (nSPS) is 48.8. The van der Waals surface area contributed by atoms with Crippen molar-refractivity contribution >= 4 is 11.9 Å². The van der Waals surface area contributed by atoms with Crippen LogP contribution in [0.1, 0.15) is 108 Å². The Morgan fingerprint density at radius 1 is 0.947 bits per heavy atom. The maximum atomic E-state index is 14.5. The molecule has 0 aromatic rings. The van der Waals surface area contributed by atoms with Gasteiger partial charge in [-0.05, 0) is 94.2 Å². The number of fused-ring (bicyclic) bond motifs is 1. The molecule has 0 aromatic carbocycles. The third-order valence-electron chi connectivity index (χ3n) is 13.7. The van der Waals surface area contributed by atoms with Gasteiger partial charge in [-0.1, -0.05) is 20.8 Å². The summed E-state index contributed by atoms with van der Waals surface area (Å²) in [5.41, 5.74) is -4.49. The van der Waals surface area contributed by atoms with Crippen LogP contribution in [-0.2, 0) is 52.2 Å². The Labute approximate surface area is 340 Å². The van der Waals surface area contributed by atoms with Gasteiger partial charge in [-0.2, -0.15) is 0 Å². The molecule has 0 radical (unpaired) electrons. The first-order valence-electron chi connectivity index (χ1n) is 20.9. The molecule has 19 atom stereocenters. The number of likely N-dealkylation sites (N-methyl/N-ethyl adjacent to an activating group) is 1. The molecule has 4 rings (SSSR count). The molecule has 57 heavy (non-hydrogen) atoms. The molecule has 0 amide bonds. The number of esters is 2. The molecule has 3 N–H and O–H groups in total. The summed E-state index contributed by atoms with van der Waals surface area (Å²) in [6.07, 6.45) is -6.01. The second-order valence-corrected chi connectivity index (χ2v) is 18.4. The molecule has 15 nitrogen and oxygen atoms in total. The second-order valence-electron chi connectivity index (χ2n) is 18.4. The van der Waals surface area contributed by atoms with Crippen LogP contribution < -0.4 is 0 Å². The van der Waals surface area contributed by atoms with Gasteiger partial charge in [0.05, 0.1) is 47.6 Å². The third-order valence-corrected chi connectivity index (χ3v) is 13.7. The van der Waals surface area contributed by atoms with Crippen LogP contribution in [-0.4, -0.2) is 157 Å². The predicted octanol–water partition coefficient (Wildman–Crippen LogP) is 3.60. The highest BCUT2D eigenvalue weighted by Gasteiger charge is 2.66. The Morgan fingerprint density at radius 2 is 1.56 bits per heavy atom. The van der Waals surface area contributed by atoms with Crippen molar-refractivity contribution in [3.8, 4) is 0 Å². The quantitative estimate of drug-likeness (QED) is 0.203. The molecule has 0 saturated carbocycles. The van der Waals surface area contributed by atoms with Gasteiger partial charge in [0.2, 0.25) is 0 Å².